The normalized spacial score (nSPS) is 11.4. The molecule has 0 fully saturated rings. The number of para-hydroxylation sites is 10. The highest BCUT2D eigenvalue weighted by atomic mass is 32.1. The molecule has 0 aliphatic carbocycles. The average molecular weight is 1950 g/mol. The third-order valence-electron chi connectivity index (χ3n) is 26.2. The largest absolute Gasteiger partial charge is 0.455 e. The van der Waals surface area contributed by atoms with Gasteiger partial charge in [0.2, 0.25) is 0 Å². The number of hydrogen-bond acceptors (Lipinski definition) is 21. The summed E-state index contributed by atoms with van der Waals surface area (Å²) in [6.07, 6.45) is 3.56. The zero-order valence-corrected chi connectivity index (χ0v) is 81.9. The topological polar surface area (TPSA) is 259 Å². The van der Waals surface area contributed by atoms with E-state index in [1.54, 1.807) is 23.7 Å². The Labute approximate surface area is 856 Å². The van der Waals surface area contributed by atoms with E-state index in [9.17, 15) is 0 Å². The SMILES string of the molecule is Cc1cc(-c2ccccn2)nc(-c2ccccn2)c1.Cc1nc(-c2ccc(-c3cccc4c3oc3ccccc34)cc2)nc(-c2ccc(-c3cccc4c3oc3ccccc34)cc2)n1.Cc1nc(-c2cccc3c2oc2ccccc23)nc(-c2cccc3c2oc2ccccc23)n1.Cc1nc(-c2ccccc2)nc(-c2cccc3c2oc2ccccc23)n1.Cc1nc(-c2ccccc2)nc(-c2cccc3c2sc2ccccc23)n1. The first-order valence-corrected chi connectivity index (χ1v) is 49.7. The summed E-state index contributed by atoms with van der Waals surface area (Å²) in [4.78, 5) is 69.5. The molecular formula is C128H85N15O5S. The van der Waals surface area contributed by atoms with Crippen LogP contribution in [0.3, 0.4) is 0 Å². The monoisotopic (exact) mass is 1940 g/mol. The smallest absolute Gasteiger partial charge is 0.167 e. The molecule has 149 heavy (non-hydrogen) atoms. The van der Waals surface area contributed by atoms with Crippen LogP contribution in [0.25, 0.3) is 266 Å². The van der Waals surface area contributed by atoms with Gasteiger partial charge in [0.1, 0.15) is 79.1 Å². The van der Waals surface area contributed by atoms with Gasteiger partial charge in [0.15, 0.2) is 46.6 Å². The van der Waals surface area contributed by atoms with Crippen LogP contribution in [0, 0.1) is 34.6 Å². The van der Waals surface area contributed by atoms with Crippen LogP contribution in [-0.4, -0.2) is 74.8 Å². The molecule has 0 saturated carbocycles. The minimum absolute atomic E-state index is 0.579. The highest BCUT2D eigenvalue weighted by Crippen LogP contribution is 2.45. The number of benzene rings is 16. The maximum absolute atomic E-state index is 6.27. The lowest BCUT2D eigenvalue weighted by Crippen LogP contribution is -1.99. The molecule has 21 heteroatoms. The van der Waals surface area contributed by atoms with Crippen molar-refractivity contribution in [1.82, 2.24) is 74.8 Å². The Morgan fingerprint density at radius 2 is 0.430 bits per heavy atom. The van der Waals surface area contributed by atoms with Gasteiger partial charge in [-0.05, 0) is 148 Å². The van der Waals surface area contributed by atoms with Crippen molar-refractivity contribution in [3.05, 3.63) is 454 Å². The molecule has 29 rings (SSSR count). The fourth-order valence-electron chi connectivity index (χ4n) is 19.3. The van der Waals surface area contributed by atoms with E-state index in [1.807, 2.05) is 264 Å². The summed E-state index contributed by atoms with van der Waals surface area (Å²) in [5.74, 6) is 7.89. The summed E-state index contributed by atoms with van der Waals surface area (Å²) < 4.78 is 33.6. The molecular weight excluding hydrogens is 1860 g/mol. The number of furan rings is 5. The van der Waals surface area contributed by atoms with E-state index >= 15 is 0 Å². The predicted octanol–water partition coefficient (Wildman–Crippen LogP) is 32.8. The minimum atomic E-state index is 0.579. The number of hydrogen-bond donors (Lipinski definition) is 0. The number of fused-ring (bicyclic) bond motifs is 18. The maximum atomic E-state index is 6.27. The molecule has 0 bridgehead atoms. The van der Waals surface area contributed by atoms with E-state index in [4.69, 9.17) is 42.0 Å². The summed E-state index contributed by atoms with van der Waals surface area (Å²) in [7, 11) is 0. The first-order chi connectivity index (χ1) is 73.4. The zero-order valence-electron chi connectivity index (χ0n) is 81.1. The number of aryl methyl sites for hydroxylation is 5. The van der Waals surface area contributed by atoms with E-state index < -0.39 is 0 Å². The first kappa shape index (κ1) is 90.5. The standard InChI is InChI=1S/C40H25N3O2.C28H17N3O2.C22H15N3O.C22H15N3S.C16H13N3/c1-24-41-39(27-20-16-25(17-21-27)29-10-6-12-33-31-8-2-4-14-35(31)44-37(29)33)43-40(42-24)28-22-18-26(19-23-28)30-11-7-13-34-32-9-3-5-15-36(32)45-38(30)34;1-16-29-27(21-12-6-10-19-17-8-2-4-14-23(17)32-25(19)21)31-28(30-16)22-13-7-11-20-18-9-3-5-15-24(18)33-26(20)22;2*1-14-23-21(15-8-3-2-4-9-15)25-22(24-14)18-12-7-11-17-16-10-5-6-13-19(16)26-20(17)18;1-12-10-15(13-6-2-4-8-17-13)19-16(11-12)14-7-3-5-9-18-14/h2-23H,1H3;2-15H,1H3;2*2-13H,1H3;2-11H,1H3. The molecule has 0 aliphatic rings. The third-order valence-corrected chi connectivity index (χ3v) is 27.4. The number of thiophene rings is 1. The maximum Gasteiger partial charge on any atom is 0.167 e. The Morgan fingerprint density at radius 1 is 0.174 bits per heavy atom. The first-order valence-electron chi connectivity index (χ1n) is 48.9. The van der Waals surface area contributed by atoms with Gasteiger partial charge in [0.25, 0.3) is 0 Å². The Bertz CT molecular complexity index is 9580. The molecule has 16 aromatic carbocycles. The van der Waals surface area contributed by atoms with E-state index in [-0.39, 0.29) is 0 Å². The number of rotatable bonds is 12. The van der Waals surface area contributed by atoms with Gasteiger partial charge in [-0.25, -0.2) is 64.8 Å². The summed E-state index contributed by atoms with van der Waals surface area (Å²) in [6, 6.07) is 138. The molecule has 708 valence electrons. The van der Waals surface area contributed by atoms with Gasteiger partial charge < -0.3 is 22.1 Å². The van der Waals surface area contributed by atoms with Crippen LogP contribution in [0.2, 0.25) is 0 Å². The van der Waals surface area contributed by atoms with Gasteiger partial charge >= 0.3 is 0 Å². The van der Waals surface area contributed by atoms with Crippen molar-refractivity contribution in [3.8, 4) is 136 Å². The molecule has 29 aromatic rings. The molecule has 0 N–H and O–H groups in total. The lowest BCUT2D eigenvalue weighted by atomic mass is 10.0. The van der Waals surface area contributed by atoms with E-state index in [0.717, 1.165) is 216 Å². The molecule has 0 atom stereocenters. The fraction of sp³-hybridized carbons (Fsp3) is 0.0391. The highest BCUT2D eigenvalue weighted by Gasteiger charge is 2.25. The number of nitrogens with zero attached hydrogens (tertiary/aromatic N) is 15. The molecule has 0 amide bonds. The summed E-state index contributed by atoms with van der Waals surface area (Å²) in [6.45, 7) is 9.65. The molecule has 0 aliphatic heterocycles. The second-order valence-electron chi connectivity index (χ2n) is 36.0. The van der Waals surface area contributed by atoms with Gasteiger partial charge in [-0.15, -0.1) is 11.3 Å². The molecule has 0 unspecified atom stereocenters. The molecule has 13 aromatic heterocycles. The van der Waals surface area contributed by atoms with Crippen molar-refractivity contribution >= 4 is 141 Å². The minimum Gasteiger partial charge on any atom is -0.455 e. The van der Waals surface area contributed by atoms with E-state index in [1.165, 1.54) is 20.2 Å². The van der Waals surface area contributed by atoms with Crippen molar-refractivity contribution in [3.63, 3.8) is 0 Å². The van der Waals surface area contributed by atoms with Gasteiger partial charge in [0.05, 0.1) is 39.5 Å². The quantitative estimate of drug-likeness (QED) is 0.110. The lowest BCUT2D eigenvalue weighted by Gasteiger charge is -2.08. The Balaban J connectivity index is 0.0000000995. The third kappa shape index (κ3) is 17.9. The van der Waals surface area contributed by atoms with Gasteiger partial charge in [0, 0.05) is 125 Å². The summed E-state index contributed by atoms with van der Waals surface area (Å²) in [5.41, 5.74) is 24.8. The van der Waals surface area contributed by atoms with Crippen LogP contribution in [-0.2, 0) is 0 Å². The van der Waals surface area contributed by atoms with E-state index in [2.05, 4.69) is 238 Å². The lowest BCUT2D eigenvalue weighted by molar-refractivity contribution is 0.668. The summed E-state index contributed by atoms with van der Waals surface area (Å²) in [5, 5.41) is 13.4. The van der Waals surface area contributed by atoms with Crippen molar-refractivity contribution in [2.75, 3.05) is 0 Å². The Kier molecular flexibility index (Phi) is 23.8. The second-order valence-corrected chi connectivity index (χ2v) is 37.1. The Hall–Kier alpha value is -19.8. The summed E-state index contributed by atoms with van der Waals surface area (Å²) >= 11 is 1.79. The van der Waals surface area contributed by atoms with Gasteiger partial charge in [-0.2, -0.15) is 0 Å². The average Bonchev–Trinajstić information content (AvgIpc) is 1.63. The van der Waals surface area contributed by atoms with Crippen LogP contribution in [0.1, 0.15) is 28.9 Å². The van der Waals surface area contributed by atoms with Gasteiger partial charge in [-0.1, -0.05) is 315 Å². The second kappa shape index (κ2) is 39.2. The van der Waals surface area contributed by atoms with E-state index in [0.29, 0.717) is 58.2 Å². The van der Waals surface area contributed by atoms with Gasteiger partial charge in [-0.3, -0.25) is 9.97 Å². The number of aromatic nitrogens is 15. The Morgan fingerprint density at radius 3 is 0.779 bits per heavy atom. The molecule has 13 heterocycles. The number of pyridine rings is 3. The molecule has 0 radical (unpaired) electrons. The van der Waals surface area contributed by atoms with Crippen LogP contribution in [0.4, 0.5) is 0 Å². The van der Waals surface area contributed by atoms with Crippen molar-refractivity contribution in [1.29, 1.82) is 0 Å². The van der Waals surface area contributed by atoms with Crippen LogP contribution in [0.5, 0.6) is 0 Å². The highest BCUT2D eigenvalue weighted by molar-refractivity contribution is 7.26. The van der Waals surface area contributed by atoms with Crippen LogP contribution in [0.15, 0.2) is 447 Å². The zero-order chi connectivity index (χ0) is 99.9. The van der Waals surface area contributed by atoms with Crippen molar-refractivity contribution in [2.45, 2.75) is 34.6 Å². The molecule has 20 nitrogen and oxygen atoms in total. The van der Waals surface area contributed by atoms with Crippen LogP contribution < -0.4 is 0 Å². The van der Waals surface area contributed by atoms with Crippen LogP contribution >= 0.6 is 11.3 Å². The predicted molar refractivity (Wildman–Crippen MR) is 597 cm³/mol. The van der Waals surface area contributed by atoms with Crippen molar-refractivity contribution in [2.24, 2.45) is 0 Å². The molecule has 0 saturated heterocycles. The molecule has 0 spiro atoms. The fourth-order valence-corrected chi connectivity index (χ4v) is 20.5. The van der Waals surface area contributed by atoms with Crippen molar-refractivity contribution < 1.29 is 22.1 Å².